The largest absolute Gasteiger partial charge is 0.495 e. The Labute approximate surface area is 233 Å². The van der Waals surface area contributed by atoms with Gasteiger partial charge >= 0.3 is 0 Å². The van der Waals surface area contributed by atoms with Crippen LogP contribution < -0.4 is 10.1 Å². The monoisotopic (exact) mass is 562 g/mol. The normalized spacial score (nSPS) is 10.9. The molecular weight excluding hydrogens is 540 g/mol. The Balaban J connectivity index is 1.33. The van der Waals surface area contributed by atoms with Crippen molar-refractivity contribution in [1.82, 2.24) is 30.0 Å². The number of halogens is 1. The van der Waals surface area contributed by atoms with Crippen LogP contribution in [0.25, 0.3) is 17.1 Å². The molecule has 0 atom stereocenters. The first-order valence-electron chi connectivity index (χ1n) is 11.7. The number of thiazole rings is 1. The lowest BCUT2D eigenvalue weighted by Gasteiger charge is -2.14. The Morgan fingerprint density at radius 2 is 1.89 bits per heavy atom. The van der Waals surface area contributed by atoms with E-state index in [1.807, 2.05) is 71.3 Å². The molecule has 5 rings (SSSR count). The Morgan fingerprint density at radius 1 is 1.08 bits per heavy atom. The molecule has 0 radical (unpaired) electrons. The predicted molar refractivity (Wildman–Crippen MR) is 150 cm³/mol. The molecule has 11 heteroatoms. The average molecular weight is 563 g/mol. The number of methoxy groups -OCH3 is 1. The summed E-state index contributed by atoms with van der Waals surface area (Å²) >= 11 is 9.42. The van der Waals surface area contributed by atoms with E-state index in [4.69, 9.17) is 16.3 Å². The molecule has 1 N–H and O–H groups in total. The van der Waals surface area contributed by atoms with Crippen LogP contribution >= 0.6 is 34.7 Å². The molecule has 0 fully saturated rings. The number of pyridine rings is 1. The van der Waals surface area contributed by atoms with E-state index in [1.165, 1.54) is 23.1 Å². The highest BCUT2D eigenvalue weighted by atomic mass is 35.5. The van der Waals surface area contributed by atoms with Crippen LogP contribution in [0.3, 0.4) is 0 Å². The van der Waals surface area contributed by atoms with Crippen molar-refractivity contribution in [1.29, 1.82) is 0 Å². The van der Waals surface area contributed by atoms with Gasteiger partial charge in [-0.05, 0) is 36.4 Å². The first-order valence-corrected chi connectivity index (χ1v) is 14.0. The molecule has 1 amide bonds. The van der Waals surface area contributed by atoms with Gasteiger partial charge in [0.2, 0.25) is 0 Å². The number of ether oxygens (including phenoxy) is 1. The number of carbonyl (C=O) groups is 1. The molecule has 0 unspecified atom stereocenters. The fourth-order valence-corrected chi connectivity index (χ4v) is 5.72. The van der Waals surface area contributed by atoms with Gasteiger partial charge in [-0.1, -0.05) is 53.7 Å². The number of amides is 1. The van der Waals surface area contributed by atoms with Gasteiger partial charge in [-0.2, -0.15) is 0 Å². The highest BCUT2D eigenvalue weighted by Gasteiger charge is 2.21. The molecule has 0 aliphatic rings. The number of thioether (sulfide) groups is 1. The minimum atomic E-state index is -0.202. The van der Waals surface area contributed by atoms with Crippen molar-refractivity contribution in [3.05, 3.63) is 99.7 Å². The standard InChI is InChI=1S/C27H23ClN6O2S2/c1-36-23-12-5-4-11-22(23)34-25(19-9-2-3-10-20(19)28)32-33-27(34)38-17-24-31-21(16-37-24)26(35)30-15-13-18-8-6-7-14-29-18/h2-12,14,16H,13,15,17H2,1H3,(H,30,35). The molecule has 0 aliphatic heterocycles. The Morgan fingerprint density at radius 3 is 2.71 bits per heavy atom. The highest BCUT2D eigenvalue weighted by Crippen LogP contribution is 2.36. The van der Waals surface area contributed by atoms with E-state index in [9.17, 15) is 4.79 Å². The summed E-state index contributed by atoms with van der Waals surface area (Å²) in [5, 5.41) is 15.6. The summed E-state index contributed by atoms with van der Waals surface area (Å²) in [5.41, 5.74) is 2.89. The molecule has 192 valence electrons. The highest BCUT2D eigenvalue weighted by molar-refractivity contribution is 7.98. The maximum Gasteiger partial charge on any atom is 0.270 e. The number of hydrogen-bond donors (Lipinski definition) is 1. The van der Waals surface area contributed by atoms with Crippen LogP contribution in [0.4, 0.5) is 0 Å². The summed E-state index contributed by atoms with van der Waals surface area (Å²) in [7, 11) is 1.63. The number of nitrogens with one attached hydrogen (secondary N) is 1. The summed E-state index contributed by atoms with van der Waals surface area (Å²) < 4.78 is 7.55. The fourth-order valence-electron chi connectivity index (χ4n) is 3.76. The number of nitrogens with zero attached hydrogens (tertiary/aromatic N) is 5. The Kier molecular flexibility index (Phi) is 8.32. The van der Waals surface area contributed by atoms with Crippen molar-refractivity contribution in [2.75, 3.05) is 13.7 Å². The van der Waals surface area contributed by atoms with Crippen LogP contribution in [-0.4, -0.2) is 44.3 Å². The van der Waals surface area contributed by atoms with Crippen molar-refractivity contribution < 1.29 is 9.53 Å². The third-order valence-corrected chi connectivity index (χ3v) is 7.88. The van der Waals surface area contributed by atoms with Gasteiger partial charge in [0.15, 0.2) is 11.0 Å². The number of benzene rings is 2. The summed E-state index contributed by atoms with van der Waals surface area (Å²) in [6.45, 7) is 0.490. The first kappa shape index (κ1) is 25.9. The van der Waals surface area contributed by atoms with E-state index < -0.39 is 0 Å². The lowest BCUT2D eigenvalue weighted by atomic mass is 10.2. The van der Waals surface area contributed by atoms with Crippen LogP contribution in [0, 0.1) is 0 Å². The van der Waals surface area contributed by atoms with Gasteiger partial charge in [0.25, 0.3) is 5.91 Å². The molecule has 5 aromatic rings. The second kappa shape index (κ2) is 12.2. The van der Waals surface area contributed by atoms with Gasteiger partial charge < -0.3 is 10.1 Å². The van der Waals surface area contributed by atoms with Crippen LogP contribution in [0.1, 0.15) is 21.2 Å². The maximum atomic E-state index is 12.6. The van der Waals surface area contributed by atoms with Crippen molar-refractivity contribution in [2.45, 2.75) is 17.3 Å². The topological polar surface area (TPSA) is 94.8 Å². The second-order valence-electron chi connectivity index (χ2n) is 8.04. The van der Waals surface area contributed by atoms with Crippen LogP contribution in [0.15, 0.2) is 83.5 Å². The van der Waals surface area contributed by atoms with Gasteiger partial charge in [-0.3, -0.25) is 14.3 Å². The van der Waals surface area contributed by atoms with Crippen molar-refractivity contribution in [2.24, 2.45) is 0 Å². The quantitative estimate of drug-likeness (QED) is 0.218. The summed E-state index contributed by atoms with van der Waals surface area (Å²) in [4.78, 5) is 21.4. The first-order chi connectivity index (χ1) is 18.6. The van der Waals surface area contributed by atoms with E-state index in [0.717, 1.165) is 22.0 Å². The minimum absolute atomic E-state index is 0.202. The van der Waals surface area contributed by atoms with Crippen LogP contribution in [0.5, 0.6) is 5.75 Å². The molecule has 0 saturated carbocycles. The Bertz CT molecular complexity index is 1540. The number of hydrogen-bond acceptors (Lipinski definition) is 8. The minimum Gasteiger partial charge on any atom is -0.495 e. The van der Waals surface area contributed by atoms with E-state index >= 15 is 0 Å². The molecule has 0 bridgehead atoms. The summed E-state index contributed by atoms with van der Waals surface area (Å²) in [5.74, 6) is 1.60. The zero-order chi connectivity index (χ0) is 26.3. The van der Waals surface area contributed by atoms with Gasteiger partial charge in [-0.25, -0.2) is 4.98 Å². The SMILES string of the molecule is COc1ccccc1-n1c(SCc2nc(C(=O)NCCc3ccccn3)cs2)nnc1-c1ccccc1Cl. The summed E-state index contributed by atoms with van der Waals surface area (Å²) in [6, 6.07) is 20.9. The molecule has 2 aromatic carbocycles. The predicted octanol–water partition coefficient (Wildman–Crippen LogP) is 5.71. The van der Waals surface area contributed by atoms with Gasteiger partial charge in [0.1, 0.15) is 16.5 Å². The zero-order valence-corrected chi connectivity index (χ0v) is 22.8. The lowest BCUT2D eigenvalue weighted by Crippen LogP contribution is -2.26. The van der Waals surface area contributed by atoms with E-state index in [2.05, 4.69) is 25.5 Å². The molecule has 8 nitrogen and oxygen atoms in total. The number of rotatable bonds is 10. The molecule has 3 aromatic heterocycles. The zero-order valence-electron chi connectivity index (χ0n) is 20.4. The van der Waals surface area contributed by atoms with Crippen LogP contribution in [-0.2, 0) is 12.2 Å². The molecule has 0 spiro atoms. The molecule has 0 saturated heterocycles. The molecule has 38 heavy (non-hydrogen) atoms. The average Bonchev–Trinajstić information content (AvgIpc) is 3.60. The molecule has 3 heterocycles. The fraction of sp³-hybridized carbons (Fsp3) is 0.148. The summed E-state index contributed by atoms with van der Waals surface area (Å²) in [6.07, 6.45) is 2.40. The third-order valence-electron chi connectivity index (χ3n) is 5.58. The lowest BCUT2D eigenvalue weighted by molar-refractivity contribution is 0.0949. The van der Waals surface area contributed by atoms with Gasteiger partial charge in [0, 0.05) is 35.8 Å². The second-order valence-corrected chi connectivity index (χ2v) is 10.3. The van der Waals surface area contributed by atoms with Crippen LogP contribution in [0.2, 0.25) is 5.02 Å². The molecular formula is C27H23ClN6O2S2. The van der Waals surface area contributed by atoms with E-state index in [0.29, 0.717) is 46.2 Å². The van der Waals surface area contributed by atoms with Crippen molar-refractivity contribution in [3.8, 4) is 22.8 Å². The maximum absolute atomic E-state index is 12.6. The van der Waals surface area contributed by atoms with Crippen molar-refractivity contribution >= 4 is 40.6 Å². The smallest absolute Gasteiger partial charge is 0.270 e. The number of aromatic nitrogens is 5. The number of para-hydroxylation sites is 2. The Hall–Kier alpha value is -3.73. The number of carbonyl (C=O) groups excluding carboxylic acids is 1. The van der Waals surface area contributed by atoms with E-state index in [1.54, 1.807) is 18.7 Å². The van der Waals surface area contributed by atoms with E-state index in [-0.39, 0.29) is 5.91 Å². The van der Waals surface area contributed by atoms with Gasteiger partial charge in [0.05, 0.1) is 23.6 Å². The molecule has 0 aliphatic carbocycles. The van der Waals surface area contributed by atoms with Gasteiger partial charge in [-0.15, -0.1) is 21.5 Å². The third kappa shape index (κ3) is 5.88. The van der Waals surface area contributed by atoms with Crippen molar-refractivity contribution in [3.63, 3.8) is 0 Å².